The van der Waals surface area contributed by atoms with Crippen molar-refractivity contribution in [3.05, 3.63) is 83.4 Å². The highest BCUT2D eigenvalue weighted by molar-refractivity contribution is 6.09. The number of halogens is 3. The Morgan fingerprint density at radius 2 is 1.56 bits per heavy atom. The molecule has 0 radical (unpaired) electrons. The first-order chi connectivity index (χ1) is 17.2. The van der Waals surface area contributed by atoms with Crippen molar-refractivity contribution >= 4 is 17.3 Å². The molecule has 0 aliphatic carbocycles. The molecule has 1 heterocycles. The van der Waals surface area contributed by atoms with Gasteiger partial charge in [-0.15, -0.1) is 0 Å². The summed E-state index contributed by atoms with van der Waals surface area (Å²) in [6.07, 6.45) is -4.41. The van der Waals surface area contributed by atoms with Gasteiger partial charge in [0.05, 0.1) is 5.56 Å². The van der Waals surface area contributed by atoms with Crippen molar-refractivity contribution in [3.8, 4) is 11.1 Å². The van der Waals surface area contributed by atoms with Gasteiger partial charge in [0, 0.05) is 43.1 Å². The lowest BCUT2D eigenvalue weighted by molar-refractivity contribution is -0.137. The van der Waals surface area contributed by atoms with Crippen molar-refractivity contribution in [3.63, 3.8) is 0 Å². The molecule has 4 rings (SSSR count). The van der Waals surface area contributed by atoms with Crippen LogP contribution in [0.25, 0.3) is 11.1 Å². The van der Waals surface area contributed by atoms with Crippen LogP contribution in [0.2, 0.25) is 0 Å². The van der Waals surface area contributed by atoms with Gasteiger partial charge in [0.15, 0.2) is 0 Å². The summed E-state index contributed by atoms with van der Waals surface area (Å²) >= 11 is 0. The number of amides is 1. The molecule has 7 heteroatoms. The molecule has 4 nitrogen and oxygen atoms in total. The summed E-state index contributed by atoms with van der Waals surface area (Å²) in [6, 6.07) is 18.3. The first kappa shape index (κ1) is 25.8. The Labute approximate surface area is 210 Å². The maximum Gasteiger partial charge on any atom is 0.416 e. The second-order valence-electron chi connectivity index (χ2n) is 9.42. The fourth-order valence-electron chi connectivity index (χ4n) is 4.66. The Morgan fingerprint density at radius 1 is 0.917 bits per heavy atom. The largest absolute Gasteiger partial charge is 0.416 e. The van der Waals surface area contributed by atoms with Gasteiger partial charge in [-0.2, -0.15) is 13.2 Å². The molecule has 1 amide bonds. The minimum absolute atomic E-state index is 0.0856. The lowest BCUT2D eigenvalue weighted by atomic mass is 9.88. The fourth-order valence-corrected chi connectivity index (χ4v) is 4.66. The van der Waals surface area contributed by atoms with Crippen molar-refractivity contribution in [1.82, 2.24) is 4.90 Å². The third-order valence-electron chi connectivity index (χ3n) is 6.77. The molecule has 0 atom stereocenters. The van der Waals surface area contributed by atoms with Gasteiger partial charge in [0.1, 0.15) is 0 Å². The van der Waals surface area contributed by atoms with E-state index in [1.165, 1.54) is 12.1 Å². The van der Waals surface area contributed by atoms with Crippen LogP contribution in [-0.4, -0.2) is 43.5 Å². The molecule has 190 valence electrons. The van der Waals surface area contributed by atoms with Crippen LogP contribution in [-0.2, 0) is 6.18 Å². The minimum Gasteiger partial charge on any atom is -0.369 e. The zero-order chi connectivity index (χ0) is 25.9. The summed E-state index contributed by atoms with van der Waals surface area (Å²) in [4.78, 5) is 18.1. The van der Waals surface area contributed by atoms with Crippen LogP contribution in [0.4, 0.5) is 24.5 Å². The van der Waals surface area contributed by atoms with E-state index in [0.717, 1.165) is 56.1 Å². The number of nitrogens with zero attached hydrogens (tertiary/aromatic N) is 2. The Kier molecular flexibility index (Phi) is 7.69. The zero-order valence-electron chi connectivity index (χ0n) is 20.9. The molecule has 3 aromatic carbocycles. The number of anilines is 2. The monoisotopic (exact) mass is 495 g/mol. The van der Waals surface area contributed by atoms with Crippen LogP contribution in [0.15, 0.2) is 66.7 Å². The second-order valence-corrected chi connectivity index (χ2v) is 9.42. The van der Waals surface area contributed by atoms with Crippen LogP contribution >= 0.6 is 0 Å². The topological polar surface area (TPSA) is 35.6 Å². The van der Waals surface area contributed by atoms with Gasteiger partial charge in [-0.3, -0.25) is 4.79 Å². The first-order valence-electron chi connectivity index (χ1n) is 12.4. The van der Waals surface area contributed by atoms with E-state index in [1.54, 1.807) is 6.07 Å². The van der Waals surface area contributed by atoms with E-state index >= 15 is 0 Å². The van der Waals surface area contributed by atoms with Crippen molar-refractivity contribution in [2.75, 3.05) is 42.9 Å². The van der Waals surface area contributed by atoms with E-state index in [4.69, 9.17) is 0 Å². The fraction of sp³-hybridized carbons (Fsp3) is 0.345. The van der Waals surface area contributed by atoms with Crippen molar-refractivity contribution in [2.45, 2.75) is 32.9 Å². The number of hydrogen-bond acceptors (Lipinski definition) is 3. The molecule has 0 bridgehead atoms. The quantitative estimate of drug-likeness (QED) is 0.405. The van der Waals surface area contributed by atoms with Gasteiger partial charge >= 0.3 is 6.18 Å². The molecule has 0 unspecified atom stereocenters. The highest BCUT2D eigenvalue weighted by atomic mass is 19.4. The molecule has 3 aromatic rings. The van der Waals surface area contributed by atoms with E-state index in [2.05, 4.69) is 22.0 Å². The molecule has 36 heavy (non-hydrogen) atoms. The van der Waals surface area contributed by atoms with E-state index < -0.39 is 11.7 Å². The van der Waals surface area contributed by atoms with Crippen LogP contribution in [0.3, 0.4) is 0 Å². The number of alkyl halides is 3. The first-order valence-corrected chi connectivity index (χ1v) is 12.4. The molecule has 1 N–H and O–H groups in total. The lowest BCUT2D eigenvalue weighted by Gasteiger charge is -2.35. The van der Waals surface area contributed by atoms with Gasteiger partial charge < -0.3 is 15.1 Å². The average molecular weight is 496 g/mol. The number of hydrogen-bond donors (Lipinski definition) is 1. The van der Waals surface area contributed by atoms with Gasteiger partial charge in [-0.1, -0.05) is 45.0 Å². The molecule has 1 aliphatic heterocycles. The van der Waals surface area contributed by atoms with E-state index in [9.17, 15) is 18.0 Å². The predicted molar refractivity (Wildman–Crippen MR) is 140 cm³/mol. The standard InChI is InChI=1S/C29H32F3N3O/c1-4-34-16-18-35(19-17-34)24-14-12-23(13-15-24)33-28(36)26-7-5-6-25(20(2)3)27(26)21-8-10-22(11-9-21)29(30,31)32/h5-15,20H,4,16-19H2,1-3H3,(H,33,36). The number of benzene rings is 3. The van der Waals surface area contributed by atoms with Gasteiger partial charge in [-0.25, -0.2) is 0 Å². The van der Waals surface area contributed by atoms with E-state index in [1.807, 2.05) is 50.2 Å². The SMILES string of the molecule is CCN1CCN(c2ccc(NC(=O)c3cccc(C(C)C)c3-c3ccc(C(F)(F)F)cc3)cc2)CC1. The number of nitrogens with one attached hydrogen (secondary N) is 1. The average Bonchev–Trinajstić information content (AvgIpc) is 2.88. The van der Waals surface area contributed by atoms with Crippen molar-refractivity contribution in [1.29, 1.82) is 0 Å². The maximum atomic E-state index is 13.4. The number of rotatable bonds is 6. The molecule has 1 fully saturated rings. The third kappa shape index (κ3) is 5.73. The molecule has 0 aromatic heterocycles. The zero-order valence-corrected chi connectivity index (χ0v) is 20.9. The van der Waals surface area contributed by atoms with Crippen LogP contribution < -0.4 is 10.2 Å². The highest BCUT2D eigenvalue weighted by Crippen LogP contribution is 2.36. The predicted octanol–water partition coefficient (Wildman–Crippen LogP) is 6.89. The summed E-state index contributed by atoms with van der Waals surface area (Å²) in [5, 5.41) is 2.97. The minimum atomic E-state index is -4.41. The Balaban J connectivity index is 1.57. The molecule has 1 saturated heterocycles. The van der Waals surface area contributed by atoms with Gasteiger partial charge in [0.25, 0.3) is 5.91 Å². The third-order valence-corrected chi connectivity index (χ3v) is 6.77. The van der Waals surface area contributed by atoms with Crippen molar-refractivity contribution in [2.24, 2.45) is 0 Å². The molecule has 0 saturated carbocycles. The normalized spacial score (nSPS) is 14.8. The van der Waals surface area contributed by atoms with Crippen LogP contribution in [0.1, 0.15) is 48.2 Å². The summed E-state index contributed by atoms with van der Waals surface area (Å²) in [6.45, 7) is 11.3. The number of piperazine rings is 1. The number of carbonyl (C=O) groups is 1. The second kappa shape index (κ2) is 10.7. The molecular formula is C29H32F3N3O. The Bertz CT molecular complexity index is 1180. The van der Waals surface area contributed by atoms with E-state index in [0.29, 0.717) is 22.4 Å². The Morgan fingerprint density at radius 3 is 2.11 bits per heavy atom. The van der Waals surface area contributed by atoms with Crippen LogP contribution in [0.5, 0.6) is 0 Å². The summed E-state index contributed by atoms with van der Waals surface area (Å²) in [7, 11) is 0. The smallest absolute Gasteiger partial charge is 0.369 e. The van der Waals surface area contributed by atoms with E-state index in [-0.39, 0.29) is 11.8 Å². The highest BCUT2D eigenvalue weighted by Gasteiger charge is 2.30. The number of carbonyl (C=O) groups excluding carboxylic acids is 1. The molecule has 0 spiro atoms. The summed E-state index contributed by atoms with van der Waals surface area (Å²) in [5.41, 5.74) is 3.66. The lowest BCUT2D eigenvalue weighted by Crippen LogP contribution is -2.46. The van der Waals surface area contributed by atoms with Crippen molar-refractivity contribution < 1.29 is 18.0 Å². The molecule has 1 aliphatic rings. The Hall–Kier alpha value is -3.32. The van der Waals surface area contributed by atoms with Gasteiger partial charge in [0.2, 0.25) is 0 Å². The van der Waals surface area contributed by atoms with Gasteiger partial charge in [-0.05, 0) is 71.6 Å². The number of likely N-dealkylation sites (N-methyl/N-ethyl adjacent to an activating group) is 1. The summed E-state index contributed by atoms with van der Waals surface area (Å²) in [5.74, 6) is -0.209. The maximum absolute atomic E-state index is 13.4. The summed E-state index contributed by atoms with van der Waals surface area (Å²) < 4.78 is 39.3. The molecular weight excluding hydrogens is 463 g/mol. The van der Waals surface area contributed by atoms with Crippen LogP contribution in [0, 0.1) is 0 Å².